The van der Waals surface area contributed by atoms with Crippen molar-refractivity contribution in [3.05, 3.63) is 42.5 Å². The van der Waals surface area contributed by atoms with Gasteiger partial charge >= 0.3 is 0 Å². The maximum absolute atomic E-state index is 2.30. The summed E-state index contributed by atoms with van der Waals surface area (Å²) in [5, 5.41) is 2.73. The minimum Gasteiger partial charge on any atom is -0.318 e. The van der Waals surface area contributed by atoms with Gasteiger partial charge in [0.2, 0.25) is 0 Å². The van der Waals surface area contributed by atoms with Crippen molar-refractivity contribution >= 4 is 60.1 Å². The normalized spacial score (nSPS) is 11.1. The van der Waals surface area contributed by atoms with Crippen LogP contribution >= 0.6 is 34.2 Å². The Morgan fingerprint density at radius 3 is 2.56 bits per heavy atom. The van der Waals surface area contributed by atoms with E-state index in [2.05, 4.69) is 75.5 Å². The lowest BCUT2D eigenvalue weighted by Crippen LogP contribution is -1.97. The highest BCUT2D eigenvalue weighted by Crippen LogP contribution is 2.35. The summed E-state index contributed by atoms with van der Waals surface area (Å²) in [6, 6.07) is 15.2. The molecule has 0 aliphatic rings. The zero-order chi connectivity index (χ0) is 11.1. The number of anilines is 1. The van der Waals surface area contributed by atoms with E-state index in [-0.39, 0.29) is 0 Å². The van der Waals surface area contributed by atoms with Crippen LogP contribution in [0.2, 0.25) is 0 Å². The van der Waals surface area contributed by atoms with E-state index in [0.717, 1.165) is 0 Å². The van der Waals surface area contributed by atoms with Crippen molar-refractivity contribution in [2.24, 2.45) is 0 Å². The van der Waals surface area contributed by atoms with Gasteiger partial charge in [0, 0.05) is 32.9 Å². The molecule has 1 aromatic heterocycles. The number of hydrogen-bond acceptors (Lipinski definition) is 2. The van der Waals surface area contributed by atoms with E-state index >= 15 is 0 Å². The summed E-state index contributed by atoms with van der Waals surface area (Å²) >= 11 is 4.16. The standard InChI is InChI=1S/C13H10INS/c1-15(14)9-6-7-13-11(8-9)10-4-2-3-5-12(10)16-13/h2-8H,1H3. The lowest BCUT2D eigenvalue weighted by molar-refractivity contribution is 1.43. The van der Waals surface area contributed by atoms with Crippen molar-refractivity contribution in [1.82, 2.24) is 0 Å². The fraction of sp³-hybridized carbons (Fsp3) is 0.0769. The molecule has 0 N–H and O–H groups in total. The second-order valence-electron chi connectivity index (χ2n) is 3.76. The highest BCUT2D eigenvalue weighted by molar-refractivity contribution is 14.1. The van der Waals surface area contributed by atoms with Crippen molar-refractivity contribution in [2.75, 3.05) is 10.2 Å². The molecule has 2 aromatic carbocycles. The van der Waals surface area contributed by atoms with Gasteiger partial charge in [-0.2, -0.15) is 0 Å². The second kappa shape index (κ2) is 3.89. The van der Waals surface area contributed by atoms with Crippen LogP contribution in [-0.2, 0) is 0 Å². The molecule has 3 heteroatoms. The lowest BCUT2D eigenvalue weighted by atomic mass is 10.1. The molecule has 0 saturated carbocycles. The average Bonchev–Trinajstić information content (AvgIpc) is 2.66. The smallest absolute Gasteiger partial charge is 0.0588 e. The van der Waals surface area contributed by atoms with Gasteiger partial charge in [0.25, 0.3) is 0 Å². The monoisotopic (exact) mass is 339 g/mol. The highest BCUT2D eigenvalue weighted by Gasteiger charge is 2.05. The predicted octanol–water partition coefficient (Wildman–Crippen LogP) is 4.84. The van der Waals surface area contributed by atoms with E-state index in [1.165, 1.54) is 25.9 Å². The summed E-state index contributed by atoms with van der Waals surface area (Å²) in [7, 11) is 2.07. The van der Waals surface area contributed by atoms with Crippen LogP contribution in [0.3, 0.4) is 0 Å². The molecule has 1 nitrogen and oxygen atoms in total. The molecule has 16 heavy (non-hydrogen) atoms. The molecule has 0 saturated heterocycles. The summed E-state index contributed by atoms with van der Waals surface area (Å²) < 4.78 is 4.85. The Labute approximate surface area is 112 Å². The van der Waals surface area contributed by atoms with E-state index in [9.17, 15) is 0 Å². The first-order valence-electron chi connectivity index (χ1n) is 5.06. The minimum atomic E-state index is 1.25. The third kappa shape index (κ3) is 1.58. The first-order valence-corrected chi connectivity index (χ1v) is 6.84. The van der Waals surface area contributed by atoms with Crippen LogP contribution in [0.1, 0.15) is 0 Å². The Morgan fingerprint density at radius 2 is 1.75 bits per heavy atom. The highest BCUT2D eigenvalue weighted by atomic mass is 127. The summed E-state index contributed by atoms with van der Waals surface area (Å²) in [5.41, 5.74) is 1.25. The number of halogens is 1. The molecular formula is C13H10INS. The molecule has 3 aromatic rings. The maximum atomic E-state index is 2.30. The zero-order valence-corrected chi connectivity index (χ0v) is 11.7. The molecule has 0 aliphatic heterocycles. The summed E-state index contributed by atoms with van der Waals surface area (Å²) in [6.45, 7) is 0. The van der Waals surface area contributed by atoms with Crippen LogP contribution in [-0.4, -0.2) is 7.05 Å². The molecular weight excluding hydrogens is 329 g/mol. The van der Waals surface area contributed by atoms with Gasteiger partial charge in [-0.05, 0) is 24.3 Å². The third-order valence-electron chi connectivity index (χ3n) is 2.72. The number of nitrogens with zero attached hydrogens (tertiary/aromatic N) is 1. The maximum Gasteiger partial charge on any atom is 0.0588 e. The second-order valence-corrected chi connectivity index (χ2v) is 6.29. The molecule has 0 unspecified atom stereocenters. The molecule has 0 bridgehead atoms. The van der Waals surface area contributed by atoms with Gasteiger partial charge in [-0.1, -0.05) is 18.2 Å². The summed E-state index contributed by atoms with van der Waals surface area (Å²) in [5.74, 6) is 0. The van der Waals surface area contributed by atoms with Gasteiger partial charge in [-0.3, -0.25) is 0 Å². The van der Waals surface area contributed by atoms with Crippen LogP contribution in [0.15, 0.2) is 42.5 Å². The number of rotatable bonds is 1. The quantitative estimate of drug-likeness (QED) is 0.453. The van der Waals surface area contributed by atoms with Gasteiger partial charge in [0.15, 0.2) is 0 Å². The molecule has 0 amide bonds. The van der Waals surface area contributed by atoms with Crippen molar-refractivity contribution in [3.8, 4) is 0 Å². The minimum absolute atomic E-state index is 1.25. The number of hydrogen-bond donors (Lipinski definition) is 0. The fourth-order valence-corrected chi connectivity index (χ4v) is 3.29. The number of benzene rings is 2. The van der Waals surface area contributed by atoms with E-state index in [1.54, 1.807) is 0 Å². The van der Waals surface area contributed by atoms with Crippen molar-refractivity contribution < 1.29 is 0 Å². The van der Waals surface area contributed by atoms with Crippen LogP contribution in [0.25, 0.3) is 20.2 Å². The van der Waals surface area contributed by atoms with Gasteiger partial charge in [-0.25, -0.2) is 0 Å². The van der Waals surface area contributed by atoms with Crippen LogP contribution < -0.4 is 3.11 Å². The molecule has 0 fully saturated rings. The number of thiophene rings is 1. The van der Waals surface area contributed by atoms with Crippen LogP contribution in [0, 0.1) is 0 Å². The Bertz CT molecular complexity index is 657. The van der Waals surface area contributed by atoms with Crippen molar-refractivity contribution in [3.63, 3.8) is 0 Å². The van der Waals surface area contributed by atoms with Crippen LogP contribution in [0.4, 0.5) is 5.69 Å². The molecule has 0 atom stereocenters. The van der Waals surface area contributed by atoms with Crippen molar-refractivity contribution in [1.29, 1.82) is 0 Å². The summed E-state index contributed by atoms with van der Waals surface area (Å²) in [4.78, 5) is 0. The van der Waals surface area contributed by atoms with Gasteiger partial charge in [0.1, 0.15) is 0 Å². The SMILES string of the molecule is CN(I)c1ccc2sc3ccccc3c2c1. The molecule has 3 rings (SSSR count). The predicted molar refractivity (Wildman–Crippen MR) is 81.8 cm³/mol. The van der Waals surface area contributed by atoms with E-state index in [4.69, 9.17) is 0 Å². The van der Waals surface area contributed by atoms with Crippen molar-refractivity contribution in [2.45, 2.75) is 0 Å². The number of fused-ring (bicyclic) bond motifs is 3. The Balaban J connectivity index is 2.40. The van der Waals surface area contributed by atoms with Gasteiger partial charge in [-0.15, -0.1) is 11.3 Å². The third-order valence-corrected chi connectivity index (χ3v) is 4.42. The topological polar surface area (TPSA) is 3.24 Å². The fourth-order valence-electron chi connectivity index (χ4n) is 1.91. The van der Waals surface area contributed by atoms with Gasteiger partial charge < -0.3 is 3.11 Å². The van der Waals surface area contributed by atoms with Gasteiger partial charge in [0.05, 0.1) is 22.9 Å². The molecule has 0 spiro atoms. The molecule has 1 heterocycles. The molecule has 0 aliphatic carbocycles. The zero-order valence-electron chi connectivity index (χ0n) is 8.77. The van der Waals surface area contributed by atoms with E-state index < -0.39 is 0 Å². The lowest BCUT2D eigenvalue weighted by Gasteiger charge is -2.09. The van der Waals surface area contributed by atoms with E-state index in [1.807, 2.05) is 11.3 Å². The van der Waals surface area contributed by atoms with Crippen LogP contribution in [0.5, 0.6) is 0 Å². The Kier molecular flexibility index (Phi) is 2.52. The Hall–Kier alpha value is -0.810. The molecule has 80 valence electrons. The van der Waals surface area contributed by atoms with E-state index in [0.29, 0.717) is 0 Å². The summed E-state index contributed by atoms with van der Waals surface area (Å²) in [6.07, 6.45) is 0. The Morgan fingerprint density at radius 1 is 1.00 bits per heavy atom. The first-order chi connectivity index (χ1) is 7.75. The largest absolute Gasteiger partial charge is 0.318 e. The first kappa shape index (κ1) is 10.4. The molecule has 0 radical (unpaired) electrons. The average molecular weight is 339 g/mol.